The van der Waals surface area contributed by atoms with E-state index in [9.17, 15) is 0 Å². The molecule has 5 heteroatoms. The molecule has 0 spiro atoms. The summed E-state index contributed by atoms with van der Waals surface area (Å²) in [5.74, 6) is 0.380. The minimum Gasteiger partial charge on any atom is -0.403 e. The second kappa shape index (κ2) is 5.84. The Morgan fingerprint density at radius 1 is 1.32 bits per heavy atom. The van der Waals surface area contributed by atoms with Crippen molar-refractivity contribution in [3.8, 4) is 5.69 Å². The van der Waals surface area contributed by atoms with Crippen LogP contribution in [0, 0.1) is 0 Å². The summed E-state index contributed by atoms with van der Waals surface area (Å²) in [5.41, 5.74) is 13.3. The first kappa shape index (κ1) is 13.5. The van der Waals surface area contributed by atoms with Gasteiger partial charge < -0.3 is 11.5 Å². The van der Waals surface area contributed by atoms with E-state index < -0.39 is 0 Å². The highest BCUT2D eigenvalue weighted by molar-refractivity contribution is 8.02. The molecule has 4 N–H and O–H groups in total. The molecule has 0 aliphatic carbocycles. The zero-order valence-electron chi connectivity index (χ0n) is 11.1. The van der Waals surface area contributed by atoms with Crippen LogP contribution < -0.4 is 11.5 Å². The van der Waals surface area contributed by atoms with Gasteiger partial charge in [-0.2, -0.15) is 5.10 Å². The predicted molar refractivity (Wildman–Crippen MR) is 80.0 cm³/mol. The van der Waals surface area contributed by atoms with Gasteiger partial charge in [-0.15, -0.1) is 0 Å². The van der Waals surface area contributed by atoms with Crippen LogP contribution in [0.5, 0.6) is 0 Å². The highest BCUT2D eigenvalue weighted by Crippen LogP contribution is 2.27. The minimum atomic E-state index is 0.380. The SMILES string of the molecule is CC(C)c1cc(S/C(N)=C/N)nn1-c1ccccc1. The van der Waals surface area contributed by atoms with Crippen LogP contribution in [0.3, 0.4) is 0 Å². The smallest absolute Gasteiger partial charge is 0.125 e. The highest BCUT2D eigenvalue weighted by Gasteiger charge is 2.13. The van der Waals surface area contributed by atoms with Crippen molar-refractivity contribution in [2.45, 2.75) is 24.8 Å². The fourth-order valence-electron chi connectivity index (χ4n) is 1.76. The van der Waals surface area contributed by atoms with Gasteiger partial charge in [0.2, 0.25) is 0 Å². The Hall–Kier alpha value is -1.88. The van der Waals surface area contributed by atoms with Crippen LogP contribution in [0.1, 0.15) is 25.5 Å². The van der Waals surface area contributed by atoms with E-state index in [4.69, 9.17) is 11.5 Å². The molecule has 1 heterocycles. The number of rotatable bonds is 4. The van der Waals surface area contributed by atoms with E-state index in [0.717, 1.165) is 16.4 Å². The number of nitrogens with two attached hydrogens (primary N) is 2. The zero-order valence-corrected chi connectivity index (χ0v) is 11.9. The molecular formula is C14H18N4S. The van der Waals surface area contributed by atoms with Gasteiger partial charge in [0.1, 0.15) is 5.03 Å². The van der Waals surface area contributed by atoms with Crippen molar-refractivity contribution in [3.05, 3.63) is 53.3 Å². The van der Waals surface area contributed by atoms with Crippen molar-refractivity contribution >= 4 is 11.8 Å². The van der Waals surface area contributed by atoms with E-state index in [-0.39, 0.29) is 0 Å². The van der Waals surface area contributed by atoms with E-state index >= 15 is 0 Å². The molecule has 1 aromatic carbocycles. The monoisotopic (exact) mass is 274 g/mol. The Morgan fingerprint density at radius 2 is 2.00 bits per heavy atom. The molecule has 19 heavy (non-hydrogen) atoms. The summed E-state index contributed by atoms with van der Waals surface area (Å²) in [6.07, 6.45) is 1.39. The molecule has 1 aromatic heterocycles. The molecule has 2 rings (SSSR count). The molecule has 0 fully saturated rings. The Balaban J connectivity index is 2.42. The lowest BCUT2D eigenvalue weighted by molar-refractivity contribution is 0.725. The van der Waals surface area contributed by atoms with Gasteiger partial charge in [-0.05, 0) is 35.9 Å². The number of thioether (sulfide) groups is 1. The van der Waals surface area contributed by atoms with Crippen LogP contribution >= 0.6 is 11.8 Å². The first-order valence-electron chi connectivity index (χ1n) is 6.12. The van der Waals surface area contributed by atoms with Crippen LogP contribution in [0.15, 0.2) is 52.7 Å². The predicted octanol–water partition coefficient (Wildman–Crippen LogP) is 2.80. The molecule has 0 aliphatic rings. The van der Waals surface area contributed by atoms with Crippen molar-refractivity contribution in [3.63, 3.8) is 0 Å². The second-order valence-corrected chi connectivity index (χ2v) is 5.57. The lowest BCUT2D eigenvalue weighted by Crippen LogP contribution is -2.03. The molecular weight excluding hydrogens is 256 g/mol. The van der Waals surface area contributed by atoms with E-state index in [1.807, 2.05) is 35.0 Å². The first-order valence-corrected chi connectivity index (χ1v) is 6.94. The lowest BCUT2D eigenvalue weighted by Gasteiger charge is -2.09. The van der Waals surface area contributed by atoms with Gasteiger partial charge >= 0.3 is 0 Å². The first-order chi connectivity index (χ1) is 9.11. The third kappa shape index (κ3) is 3.12. The van der Waals surface area contributed by atoms with Crippen LogP contribution in [-0.4, -0.2) is 9.78 Å². The van der Waals surface area contributed by atoms with Crippen molar-refractivity contribution in [1.29, 1.82) is 0 Å². The highest BCUT2D eigenvalue weighted by atomic mass is 32.2. The summed E-state index contributed by atoms with van der Waals surface area (Å²) in [4.78, 5) is 0. The maximum atomic E-state index is 5.73. The van der Waals surface area contributed by atoms with E-state index in [1.54, 1.807) is 0 Å². The van der Waals surface area contributed by atoms with Gasteiger partial charge in [0.25, 0.3) is 0 Å². The molecule has 0 aliphatic heterocycles. The third-order valence-corrected chi connectivity index (χ3v) is 3.47. The largest absolute Gasteiger partial charge is 0.403 e. The third-order valence-electron chi connectivity index (χ3n) is 2.69. The topological polar surface area (TPSA) is 69.9 Å². The number of benzene rings is 1. The second-order valence-electron chi connectivity index (χ2n) is 4.48. The molecule has 0 bridgehead atoms. The van der Waals surface area contributed by atoms with Crippen LogP contribution in [0.25, 0.3) is 5.69 Å². The molecule has 0 amide bonds. The van der Waals surface area contributed by atoms with Gasteiger partial charge in [-0.3, -0.25) is 0 Å². The summed E-state index contributed by atoms with van der Waals surface area (Å²) < 4.78 is 1.96. The maximum Gasteiger partial charge on any atom is 0.125 e. The fourth-order valence-corrected chi connectivity index (χ4v) is 2.38. The number of hydrogen-bond donors (Lipinski definition) is 2. The zero-order chi connectivity index (χ0) is 13.8. The maximum absolute atomic E-state index is 5.73. The summed E-state index contributed by atoms with van der Waals surface area (Å²) in [7, 11) is 0. The molecule has 0 atom stereocenters. The van der Waals surface area contributed by atoms with Crippen molar-refractivity contribution in [2.75, 3.05) is 0 Å². The molecule has 0 saturated heterocycles. The summed E-state index contributed by atoms with van der Waals surface area (Å²) in [6.45, 7) is 4.29. The summed E-state index contributed by atoms with van der Waals surface area (Å²) in [6, 6.07) is 12.1. The standard InChI is InChI=1S/C14H18N4S/c1-10(2)12-8-14(19-13(16)9-15)17-18(12)11-6-4-3-5-7-11/h3-10H,15-16H2,1-2H3/b13-9+. The molecule has 0 unspecified atom stereocenters. The number of hydrogen-bond acceptors (Lipinski definition) is 4. The van der Waals surface area contributed by atoms with Gasteiger partial charge in [0, 0.05) is 11.9 Å². The normalized spacial score (nSPS) is 12.1. The molecule has 100 valence electrons. The molecule has 0 saturated carbocycles. The quantitative estimate of drug-likeness (QED) is 0.841. The van der Waals surface area contributed by atoms with Crippen LogP contribution in [0.2, 0.25) is 0 Å². The molecule has 0 radical (unpaired) electrons. The van der Waals surface area contributed by atoms with Crippen LogP contribution in [-0.2, 0) is 0 Å². The Labute approximate surface area is 117 Å². The molecule has 2 aromatic rings. The average molecular weight is 274 g/mol. The number of para-hydroxylation sites is 1. The van der Waals surface area contributed by atoms with E-state index in [1.165, 1.54) is 18.0 Å². The average Bonchev–Trinajstić information content (AvgIpc) is 2.83. The Morgan fingerprint density at radius 3 is 2.58 bits per heavy atom. The van der Waals surface area contributed by atoms with Crippen LogP contribution in [0.4, 0.5) is 0 Å². The lowest BCUT2D eigenvalue weighted by atomic mass is 10.1. The van der Waals surface area contributed by atoms with E-state index in [2.05, 4.69) is 25.0 Å². The van der Waals surface area contributed by atoms with Gasteiger partial charge in [-0.25, -0.2) is 4.68 Å². The molecule has 4 nitrogen and oxygen atoms in total. The Kier molecular flexibility index (Phi) is 4.16. The number of nitrogens with zero attached hydrogens (tertiary/aromatic N) is 2. The summed E-state index contributed by atoms with van der Waals surface area (Å²) >= 11 is 1.37. The fraction of sp³-hybridized carbons (Fsp3) is 0.214. The Bertz CT molecular complexity index is 572. The van der Waals surface area contributed by atoms with E-state index in [0.29, 0.717) is 10.9 Å². The van der Waals surface area contributed by atoms with Crippen molar-refractivity contribution in [2.24, 2.45) is 11.5 Å². The number of aromatic nitrogens is 2. The van der Waals surface area contributed by atoms with Gasteiger partial charge in [0.05, 0.1) is 10.7 Å². The minimum absolute atomic E-state index is 0.380. The summed E-state index contributed by atoms with van der Waals surface area (Å²) in [5, 5.41) is 6.00. The van der Waals surface area contributed by atoms with Gasteiger partial charge in [0.15, 0.2) is 0 Å². The van der Waals surface area contributed by atoms with Gasteiger partial charge in [-0.1, -0.05) is 32.0 Å². The van der Waals surface area contributed by atoms with Crippen molar-refractivity contribution < 1.29 is 0 Å². The van der Waals surface area contributed by atoms with Crippen molar-refractivity contribution in [1.82, 2.24) is 9.78 Å².